The zero-order valence-electron chi connectivity index (χ0n) is 6.93. The van der Waals surface area contributed by atoms with Crippen molar-refractivity contribution in [3.05, 3.63) is 30.5 Å². The Hall–Kier alpha value is -1.65. The van der Waals surface area contributed by atoms with Crippen molar-refractivity contribution in [3.63, 3.8) is 0 Å². The third-order valence-corrected chi connectivity index (χ3v) is 1.76. The Balaban J connectivity index is 2.35. The van der Waals surface area contributed by atoms with Crippen LogP contribution < -0.4 is 4.74 Å². The number of alkyl halides is 3. The van der Waals surface area contributed by atoms with Gasteiger partial charge in [-0.25, -0.2) is 0 Å². The predicted molar refractivity (Wildman–Crippen MR) is 45.0 cm³/mol. The third kappa shape index (κ3) is 1.81. The minimum absolute atomic E-state index is 0.215. The summed E-state index contributed by atoms with van der Waals surface area (Å²) >= 11 is 0. The van der Waals surface area contributed by atoms with Gasteiger partial charge in [0.15, 0.2) is 0 Å². The van der Waals surface area contributed by atoms with Crippen molar-refractivity contribution >= 4 is 10.9 Å². The molecule has 0 saturated carbocycles. The van der Waals surface area contributed by atoms with Crippen molar-refractivity contribution in [1.29, 1.82) is 0 Å². The Labute approximate surface area is 77.3 Å². The average Bonchev–Trinajstić information content (AvgIpc) is 2.47. The number of hydrogen-bond donors (Lipinski definition) is 1. The normalized spacial score (nSPS) is 11.9. The summed E-state index contributed by atoms with van der Waals surface area (Å²) in [6.07, 6.45) is -2.98. The summed E-state index contributed by atoms with van der Waals surface area (Å²) in [6, 6.07) is 5.92. The standard InChI is InChI=1S/C9H6F3NO/c10-9(11,12)14-7-2-1-6-3-4-13-8(6)5-7/h1-5,13H. The van der Waals surface area contributed by atoms with Crippen LogP contribution in [-0.4, -0.2) is 11.3 Å². The lowest BCUT2D eigenvalue weighted by atomic mass is 10.2. The number of rotatable bonds is 1. The van der Waals surface area contributed by atoms with Crippen LogP contribution in [0.3, 0.4) is 0 Å². The maximum absolute atomic E-state index is 11.8. The number of aromatic amines is 1. The van der Waals surface area contributed by atoms with Gasteiger partial charge in [0, 0.05) is 17.8 Å². The molecule has 0 amide bonds. The molecule has 2 aromatic rings. The Kier molecular flexibility index (Phi) is 1.87. The zero-order chi connectivity index (χ0) is 10.2. The molecule has 0 saturated heterocycles. The van der Waals surface area contributed by atoms with Gasteiger partial charge in [-0.2, -0.15) is 0 Å². The van der Waals surface area contributed by atoms with Crippen molar-refractivity contribution < 1.29 is 17.9 Å². The molecule has 74 valence electrons. The molecule has 0 atom stereocenters. The number of aromatic nitrogens is 1. The number of H-pyrrole nitrogens is 1. The van der Waals surface area contributed by atoms with Gasteiger partial charge in [0.05, 0.1) is 0 Å². The van der Waals surface area contributed by atoms with Crippen molar-refractivity contribution in [2.24, 2.45) is 0 Å². The average molecular weight is 201 g/mol. The first-order chi connectivity index (χ1) is 6.54. The second-order valence-corrected chi connectivity index (χ2v) is 2.77. The highest BCUT2D eigenvalue weighted by Crippen LogP contribution is 2.25. The maximum Gasteiger partial charge on any atom is 0.573 e. The van der Waals surface area contributed by atoms with Crippen molar-refractivity contribution in [3.8, 4) is 5.75 Å². The molecule has 0 radical (unpaired) electrons. The number of halogens is 3. The van der Waals surface area contributed by atoms with E-state index in [-0.39, 0.29) is 5.75 Å². The molecule has 1 aromatic heterocycles. The topological polar surface area (TPSA) is 25.0 Å². The highest BCUT2D eigenvalue weighted by atomic mass is 19.4. The molecule has 0 unspecified atom stereocenters. The molecule has 5 heteroatoms. The minimum Gasteiger partial charge on any atom is -0.406 e. The fourth-order valence-electron chi connectivity index (χ4n) is 1.22. The summed E-state index contributed by atoms with van der Waals surface area (Å²) in [4.78, 5) is 2.80. The van der Waals surface area contributed by atoms with Gasteiger partial charge in [-0.1, -0.05) is 0 Å². The van der Waals surface area contributed by atoms with Crippen LogP contribution in [0.25, 0.3) is 10.9 Å². The first-order valence-electron chi connectivity index (χ1n) is 3.87. The summed E-state index contributed by atoms with van der Waals surface area (Å²) in [5, 5.41) is 0.847. The summed E-state index contributed by atoms with van der Waals surface area (Å²) < 4.78 is 39.3. The van der Waals surface area contributed by atoms with E-state index in [1.807, 2.05) is 0 Å². The molecule has 1 N–H and O–H groups in total. The molecular weight excluding hydrogens is 195 g/mol. The summed E-state index contributed by atoms with van der Waals surface area (Å²) in [6.45, 7) is 0. The Morgan fingerprint density at radius 3 is 2.64 bits per heavy atom. The third-order valence-electron chi connectivity index (χ3n) is 1.76. The Bertz CT molecular complexity index is 446. The lowest BCUT2D eigenvalue weighted by Crippen LogP contribution is -2.16. The van der Waals surface area contributed by atoms with Crippen LogP contribution in [0.5, 0.6) is 5.75 Å². The van der Waals surface area contributed by atoms with Gasteiger partial charge in [0.25, 0.3) is 0 Å². The molecule has 1 heterocycles. The fraction of sp³-hybridized carbons (Fsp3) is 0.111. The largest absolute Gasteiger partial charge is 0.573 e. The smallest absolute Gasteiger partial charge is 0.406 e. The quantitative estimate of drug-likeness (QED) is 0.753. The van der Waals surface area contributed by atoms with Gasteiger partial charge >= 0.3 is 6.36 Å². The summed E-state index contributed by atoms with van der Waals surface area (Å²) in [7, 11) is 0. The van der Waals surface area contributed by atoms with Crippen LogP contribution in [0.1, 0.15) is 0 Å². The highest BCUT2D eigenvalue weighted by molar-refractivity contribution is 5.80. The Morgan fingerprint density at radius 1 is 1.14 bits per heavy atom. The van der Waals surface area contributed by atoms with Crippen LogP contribution in [-0.2, 0) is 0 Å². The first kappa shape index (κ1) is 8.93. The Morgan fingerprint density at radius 2 is 1.93 bits per heavy atom. The fourth-order valence-corrected chi connectivity index (χ4v) is 1.22. The van der Waals surface area contributed by atoms with Crippen LogP contribution >= 0.6 is 0 Å². The number of benzene rings is 1. The first-order valence-corrected chi connectivity index (χ1v) is 3.87. The molecule has 0 aliphatic heterocycles. The molecule has 0 spiro atoms. The van der Waals surface area contributed by atoms with Gasteiger partial charge in [-0.05, 0) is 23.6 Å². The minimum atomic E-state index is -4.64. The van der Waals surface area contributed by atoms with Crippen molar-refractivity contribution in [2.75, 3.05) is 0 Å². The van der Waals surface area contributed by atoms with E-state index in [9.17, 15) is 13.2 Å². The second kappa shape index (κ2) is 2.94. The second-order valence-electron chi connectivity index (χ2n) is 2.77. The molecule has 2 nitrogen and oxygen atoms in total. The molecule has 1 aromatic carbocycles. The zero-order valence-corrected chi connectivity index (χ0v) is 6.93. The monoisotopic (exact) mass is 201 g/mol. The van der Waals surface area contributed by atoms with Crippen LogP contribution in [0.4, 0.5) is 13.2 Å². The molecule has 14 heavy (non-hydrogen) atoms. The summed E-state index contributed by atoms with van der Waals surface area (Å²) in [5.74, 6) is -0.215. The molecular formula is C9H6F3NO. The molecule has 0 bridgehead atoms. The van der Waals surface area contributed by atoms with Crippen LogP contribution in [0.15, 0.2) is 30.5 Å². The maximum atomic E-state index is 11.8. The van der Waals surface area contributed by atoms with E-state index in [0.29, 0.717) is 5.52 Å². The van der Waals surface area contributed by atoms with E-state index >= 15 is 0 Å². The summed E-state index contributed by atoms with van der Waals surface area (Å²) in [5.41, 5.74) is 0.617. The molecule has 0 fully saturated rings. The van der Waals surface area contributed by atoms with Gasteiger partial charge in [-0.15, -0.1) is 13.2 Å². The van der Waals surface area contributed by atoms with E-state index in [0.717, 1.165) is 5.39 Å². The van der Waals surface area contributed by atoms with E-state index < -0.39 is 6.36 Å². The van der Waals surface area contributed by atoms with Crippen molar-refractivity contribution in [1.82, 2.24) is 4.98 Å². The van der Waals surface area contributed by atoms with Gasteiger partial charge in [0.2, 0.25) is 0 Å². The number of hydrogen-bond acceptors (Lipinski definition) is 1. The number of fused-ring (bicyclic) bond motifs is 1. The van der Waals surface area contributed by atoms with E-state index in [2.05, 4.69) is 9.72 Å². The number of ether oxygens (including phenoxy) is 1. The van der Waals surface area contributed by atoms with E-state index in [4.69, 9.17) is 0 Å². The molecule has 2 rings (SSSR count). The van der Waals surface area contributed by atoms with Crippen LogP contribution in [0, 0.1) is 0 Å². The SMILES string of the molecule is FC(F)(F)Oc1ccc2cc[nH]c2c1. The van der Waals surface area contributed by atoms with Gasteiger partial charge in [0.1, 0.15) is 5.75 Å². The lowest BCUT2D eigenvalue weighted by Gasteiger charge is -2.08. The van der Waals surface area contributed by atoms with Crippen molar-refractivity contribution in [2.45, 2.75) is 6.36 Å². The predicted octanol–water partition coefficient (Wildman–Crippen LogP) is 3.07. The van der Waals surface area contributed by atoms with Crippen LogP contribution in [0.2, 0.25) is 0 Å². The number of nitrogens with one attached hydrogen (secondary N) is 1. The lowest BCUT2D eigenvalue weighted by molar-refractivity contribution is -0.274. The van der Waals surface area contributed by atoms with E-state index in [1.165, 1.54) is 12.1 Å². The molecule has 0 aliphatic rings. The van der Waals surface area contributed by atoms with Gasteiger partial charge in [-0.3, -0.25) is 0 Å². The van der Waals surface area contributed by atoms with E-state index in [1.54, 1.807) is 18.3 Å². The van der Waals surface area contributed by atoms with Gasteiger partial charge < -0.3 is 9.72 Å². The highest BCUT2D eigenvalue weighted by Gasteiger charge is 2.31. The molecule has 0 aliphatic carbocycles.